The molecular formula is C44H86O3. The summed E-state index contributed by atoms with van der Waals surface area (Å²) in [5, 5.41) is 10.0. The summed E-state index contributed by atoms with van der Waals surface area (Å²) in [7, 11) is 0. The van der Waals surface area contributed by atoms with Gasteiger partial charge in [-0.2, -0.15) is 0 Å². The highest BCUT2D eigenvalue weighted by atomic mass is 16.5. The van der Waals surface area contributed by atoms with Crippen molar-refractivity contribution in [2.45, 2.75) is 258 Å². The van der Waals surface area contributed by atoms with Crippen LogP contribution in [0.1, 0.15) is 251 Å². The molecule has 0 bridgehead atoms. The molecule has 0 heterocycles. The molecular weight excluding hydrogens is 576 g/mol. The molecule has 3 nitrogen and oxygen atoms in total. The second-order valence-electron chi connectivity index (χ2n) is 14.9. The fraction of sp³-hybridized carbons (Fsp3) is 0.932. The van der Waals surface area contributed by atoms with E-state index in [0.717, 1.165) is 44.9 Å². The quantitative estimate of drug-likeness (QED) is 0.0403. The predicted octanol–water partition coefficient (Wildman–Crippen LogP) is 14.9. The lowest BCUT2D eigenvalue weighted by Gasteiger charge is -2.07. The first-order valence-corrected chi connectivity index (χ1v) is 21.7. The fourth-order valence-corrected chi connectivity index (χ4v) is 6.68. The SMILES string of the molecule is CCCCCCCCCCCCCCCCCCCCCCCCCC(=O)OCCCCCCCC/C=C\C[C@H](O)CCCCCC. The van der Waals surface area contributed by atoms with Gasteiger partial charge in [-0.3, -0.25) is 4.79 Å². The van der Waals surface area contributed by atoms with Crippen molar-refractivity contribution in [2.24, 2.45) is 0 Å². The molecule has 0 amide bonds. The number of carbonyl (C=O) groups excluding carboxylic acids is 1. The number of aliphatic hydroxyl groups excluding tert-OH is 1. The van der Waals surface area contributed by atoms with Crippen LogP contribution in [-0.2, 0) is 9.53 Å². The maximum Gasteiger partial charge on any atom is 0.305 e. The Balaban J connectivity index is 3.21. The van der Waals surface area contributed by atoms with E-state index >= 15 is 0 Å². The van der Waals surface area contributed by atoms with E-state index in [1.165, 1.54) is 186 Å². The minimum atomic E-state index is -0.157. The van der Waals surface area contributed by atoms with E-state index in [4.69, 9.17) is 4.74 Å². The van der Waals surface area contributed by atoms with Crippen LogP contribution in [0.4, 0.5) is 0 Å². The van der Waals surface area contributed by atoms with Gasteiger partial charge in [0.15, 0.2) is 0 Å². The molecule has 0 aromatic rings. The molecule has 47 heavy (non-hydrogen) atoms. The van der Waals surface area contributed by atoms with Gasteiger partial charge in [0, 0.05) is 6.42 Å². The lowest BCUT2D eigenvalue weighted by Crippen LogP contribution is -2.05. The van der Waals surface area contributed by atoms with Crippen LogP contribution in [0.3, 0.4) is 0 Å². The molecule has 1 N–H and O–H groups in total. The van der Waals surface area contributed by atoms with E-state index in [-0.39, 0.29) is 12.1 Å². The van der Waals surface area contributed by atoms with Crippen molar-refractivity contribution in [1.82, 2.24) is 0 Å². The summed E-state index contributed by atoms with van der Waals surface area (Å²) in [6.07, 6.45) is 51.9. The van der Waals surface area contributed by atoms with Crippen LogP contribution in [0.25, 0.3) is 0 Å². The van der Waals surface area contributed by atoms with E-state index in [2.05, 4.69) is 26.0 Å². The Morgan fingerprint density at radius 1 is 0.468 bits per heavy atom. The van der Waals surface area contributed by atoms with Gasteiger partial charge in [-0.05, 0) is 38.5 Å². The summed E-state index contributed by atoms with van der Waals surface area (Å²) in [4.78, 5) is 12.0. The molecule has 0 spiro atoms. The van der Waals surface area contributed by atoms with Crippen LogP contribution in [0.15, 0.2) is 12.2 Å². The molecule has 280 valence electrons. The number of ether oxygens (including phenoxy) is 1. The lowest BCUT2D eigenvalue weighted by atomic mass is 10.0. The average molecular weight is 663 g/mol. The fourth-order valence-electron chi connectivity index (χ4n) is 6.68. The molecule has 0 aromatic heterocycles. The van der Waals surface area contributed by atoms with Gasteiger partial charge in [0.2, 0.25) is 0 Å². The van der Waals surface area contributed by atoms with Crippen molar-refractivity contribution in [2.75, 3.05) is 6.61 Å². The van der Waals surface area contributed by atoms with Gasteiger partial charge in [0.05, 0.1) is 12.7 Å². The predicted molar refractivity (Wildman–Crippen MR) is 208 cm³/mol. The van der Waals surface area contributed by atoms with E-state index in [9.17, 15) is 9.90 Å². The van der Waals surface area contributed by atoms with Crippen molar-refractivity contribution in [3.05, 3.63) is 12.2 Å². The standard InChI is InChI=1S/C44H86O3/c1-3-5-7-9-10-11-12-13-14-15-16-17-18-19-20-21-22-23-24-27-30-33-37-41-44(46)47-42-38-34-31-28-25-26-29-32-36-40-43(45)39-35-8-6-4-2/h32,36,43,45H,3-31,33-35,37-42H2,1-2H3/b36-32-/t43-/m1/s1. The van der Waals surface area contributed by atoms with Crippen LogP contribution < -0.4 is 0 Å². The van der Waals surface area contributed by atoms with Gasteiger partial charge in [-0.15, -0.1) is 0 Å². The Morgan fingerprint density at radius 3 is 1.28 bits per heavy atom. The van der Waals surface area contributed by atoms with Crippen LogP contribution in [0.2, 0.25) is 0 Å². The molecule has 0 radical (unpaired) electrons. The zero-order chi connectivity index (χ0) is 34.1. The first kappa shape index (κ1) is 46.2. The van der Waals surface area contributed by atoms with E-state index < -0.39 is 0 Å². The summed E-state index contributed by atoms with van der Waals surface area (Å²) in [5.74, 6) is 0.00589. The van der Waals surface area contributed by atoms with Crippen molar-refractivity contribution in [3.63, 3.8) is 0 Å². The van der Waals surface area contributed by atoms with Crippen molar-refractivity contribution in [1.29, 1.82) is 0 Å². The summed E-state index contributed by atoms with van der Waals surface area (Å²) in [6, 6.07) is 0. The maximum atomic E-state index is 12.0. The normalized spacial score (nSPS) is 12.3. The van der Waals surface area contributed by atoms with Crippen molar-refractivity contribution >= 4 is 5.97 Å². The number of unbranched alkanes of at least 4 members (excludes halogenated alkanes) is 31. The van der Waals surface area contributed by atoms with Crippen LogP contribution in [0.5, 0.6) is 0 Å². The molecule has 0 aliphatic heterocycles. The number of aliphatic hydroxyl groups is 1. The van der Waals surface area contributed by atoms with E-state index in [1.54, 1.807) is 0 Å². The summed E-state index contributed by atoms with van der Waals surface area (Å²) in [5.41, 5.74) is 0. The van der Waals surface area contributed by atoms with Crippen LogP contribution >= 0.6 is 0 Å². The van der Waals surface area contributed by atoms with Crippen molar-refractivity contribution < 1.29 is 14.6 Å². The largest absolute Gasteiger partial charge is 0.466 e. The first-order valence-electron chi connectivity index (χ1n) is 21.7. The van der Waals surface area contributed by atoms with Gasteiger partial charge in [-0.1, -0.05) is 219 Å². The van der Waals surface area contributed by atoms with Gasteiger partial charge < -0.3 is 9.84 Å². The number of hydrogen-bond acceptors (Lipinski definition) is 3. The third-order valence-corrected chi connectivity index (χ3v) is 9.98. The zero-order valence-electron chi connectivity index (χ0n) is 32.4. The number of allylic oxidation sites excluding steroid dienone is 1. The maximum absolute atomic E-state index is 12.0. The molecule has 0 aromatic carbocycles. The second-order valence-corrected chi connectivity index (χ2v) is 14.9. The lowest BCUT2D eigenvalue weighted by molar-refractivity contribution is -0.143. The Hall–Kier alpha value is -0.830. The van der Waals surface area contributed by atoms with E-state index in [0.29, 0.717) is 13.0 Å². The third-order valence-electron chi connectivity index (χ3n) is 9.98. The average Bonchev–Trinajstić information content (AvgIpc) is 3.07. The Bertz CT molecular complexity index is 615. The molecule has 0 saturated heterocycles. The van der Waals surface area contributed by atoms with Gasteiger partial charge in [0.25, 0.3) is 0 Å². The molecule has 3 heteroatoms. The first-order chi connectivity index (χ1) is 23.2. The molecule has 0 aliphatic carbocycles. The molecule has 0 rings (SSSR count). The Morgan fingerprint density at radius 2 is 0.830 bits per heavy atom. The number of carbonyl (C=O) groups is 1. The number of hydrogen-bond donors (Lipinski definition) is 1. The second kappa shape index (κ2) is 41.3. The van der Waals surface area contributed by atoms with Gasteiger partial charge >= 0.3 is 5.97 Å². The van der Waals surface area contributed by atoms with E-state index in [1.807, 2.05) is 0 Å². The van der Waals surface area contributed by atoms with Gasteiger partial charge in [-0.25, -0.2) is 0 Å². The molecule has 0 unspecified atom stereocenters. The molecule has 0 fully saturated rings. The number of esters is 1. The molecule has 0 aliphatic rings. The summed E-state index contributed by atoms with van der Waals surface area (Å²) >= 11 is 0. The van der Waals surface area contributed by atoms with Gasteiger partial charge in [0.1, 0.15) is 0 Å². The smallest absolute Gasteiger partial charge is 0.305 e. The summed E-state index contributed by atoms with van der Waals surface area (Å²) in [6.45, 7) is 5.12. The minimum absolute atomic E-state index is 0.00589. The highest BCUT2D eigenvalue weighted by molar-refractivity contribution is 5.69. The Labute approximate surface area is 296 Å². The monoisotopic (exact) mass is 663 g/mol. The zero-order valence-corrected chi connectivity index (χ0v) is 32.4. The van der Waals surface area contributed by atoms with Crippen LogP contribution in [-0.4, -0.2) is 23.8 Å². The van der Waals surface area contributed by atoms with Crippen LogP contribution in [0, 0.1) is 0 Å². The minimum Gasteiger partial charge on any atom is -0.466 e. The summed E-state index contributed by atoms with van der Waals surface area (Å²) < 4.78 is 5.45. The Kier molecular flexibility index (Phi) is 40.6. The van der Waals surface area contributed by atoms with Crippen molar-refractivity contribution in [3.8, 4) is 0 Å². The topological polar surface area (TPSA) is 46.5 Å². The molecule has 0 saturated carbocycles. The number of rotatable bonds is 40. The highest BCUT2D eigenvalue weighted by Gasteiger charge is 2.03. The molecule has 1 atom stereocenters. The third kappa shape index (κ3) is 41.3. The highest BCUT2D eigenvalue weighted by Crippen LogP contribution is 2.16.